The van der Waals surface area contributed by atoms with Crippen molar-refractivity contribution in [3.05, 3.63) is 406 Å². The Morgan fingerprint density at radius 2 is 0.344 bits per heavy atom. The molecule has 14 atom stereocenters. The predicted octanol–water partition coefficient (Wildman–Crippen LogP) is 35.9. The second kappa shape index (κ2) is 66.7. The molecule has 0 radical (unpaired) electrons. The second-order valence-electron chi connectivity index (χ2n) is 29.3. The number of hydrogen-bond acceptors (Lipinski definition) is 0. The fourth-order valence-corrected chi connectivity index (χ4v) is 19.0. The molecule has 15 aromatic rings. The maximum Gasteiger partial charge on any atom is -0.0122 e. The minimum Gasteiger partial charge on any atom is -0.133 e. The molecule has 0 bridgehead atoms. The van der Waals surface area contributed by atoms with Crippen LogP contribution in [-0.2, 0) is 73.9 Å². The smallest absolute Gasteiger partial charge is 0.0122 e. The molecule has 0 nitrogen and oxygen atoms in total. The minimum absolute atomic E-state index is 0.847. The lowest BCUT2D eigenvalue weighted by Gasteiger charge is -2.12. The molecule has 0 N–H and O–H groups in total. The highest BCUT2D eigenvalue weighted by molar-refractivity contribution is 7.48. The monoisotopic (exact) mass is 1990 g/mol. The Hall–Kier alpha value is -5.68. The Bertz CT molecular complexity index is 5510. The van der Waals surface area contributed by atoms with Crippen molar-refractivity contribution in [2.45, 2.75) is 164 Å². The topological polar surface area (TPSA) is 0 Å². The lowest BCUT2D eigenvalue weighted by atomic mass is 9.94. The van der Waals surface area contributed by atoms with Crippen LogP contribution in [0.15, 0.2) is 334 Å². The third-order valence-corrected chi connectivity index (χ3v) is 28.7. The molecule has 0 aliphatic rings. The van der Waals surface area contributed by atoms with E-state index in [0.29, 0.717) is 0 Å². The van der Waals surface area contributed by atoms with E-state index in [1.54, 1.807) is 0 Å². The maximum absolute atomic E-state index is 2.85. The van der Waals surface area contributed by atoms with Crippen LogP contribution in [0.3, 0.4) is 0 Å². The zero-order valence-electron chi connectivity index (χ0n) is 80.7. The van der Waals surface area contributed by atoms with Gasteiger partial charge < -0.3 is 0 Å². The summed E-state index contributed by atoms with van der Waals surface area (Å²) in [5.41, 5.74) is 43.3. The van der Waals surface area contributed by atoms with Gasteiger partial charge >= 0.3 is 0 Å². The predicted molar refractivity (Wildman–Crippen MR) is 648 cm³/mol. The van der Waals surface area contributed by atoms with Crippen LogP contribution in [0.25, 0.3) is 111 Å². The molecule has 131 heavy (non-hydrogen) atoms. The third-order valence-electron chi connectivity index (χ3n) is 21.4. The number of rotatable bonds is 24. The van der Waals surface area contributed by atoms with Gasteiger partial charge in [0.15, 0.2) is 0 Å². The Morgan fingerprint density at radius 3 is 0.580 bits per heavy atom. The fourth-order valence-electron chi connectivity index (χ4n) is 14.1. The van der Waals surface area contributed by atoms with E-state index in [9.17, 15) is 0 Å². The summed E-state index contributed by atoms with van der Waals surface area (Å²) in [6, 6.07) is 123. The van der Waals surface area contributed by atoms with E-state index in [0.717, 1.165) is 91.1 Å². The Labute approximate surface area is 826 Å². The number of aryl methyl sites for hydroxylation is 1. The van der Waals surface area contributed by atoms with E-state index in [1.807, 2.05) is 83.1 Å². The van der Waals surface area contributed by atoms with E-state index < -0.39 is 0 Å². The standard InChI is InChI=1S/4C21H23P3.C21H22P2.6C2H6/c1-23-20-11-19(12-21(13-20)24-2)18-9-7-17(8-10-18)16-5-3-15(14-22)4-6-16;22-12-15-1-5-18(6-2-15)20-9-17(14-24)10-21(11-20)19-7-3-16(13-23)4-8-19;22-12-15-1-5-17(6-2-15)19-9-10-20(14-24)21(11-19)18-7-3-16(13-23)4-8-18;22-12-15-1-3-16(4-2-15)17-5-7-18(8-6-17)19-9-10-20(13-23)21(11-19)14-24;1-15-10-20(18-6-2-16(13-22)3-7-18)12-21(11-15)19-8-4-17(14-23)5-9-19;6*1-2/h3-13,23-24H,14,22H2,1-2H3;3*1-11H,12-14,22-24H2;2-12H,13-14,22-23H2,1H3;6*1-2H3. The normalized spacial score (nSPS) is 10.3. The van der Waals surface area contributed by atoms with Gasteiger partial charge in [-0.1, -0.05) is 397 Å². The van der Waals surface area contributed by atoms with Crippen LogP contribution in [-0.4, -0.2) is 13.3 Å². The zero-order chi connectivity index (χ0) is 96.0. The molecule has 14 heteroatoms. The summed E-state index contributed by atoms with van der Waals surface area (Å²) in [6.45, 7) is 30.7. The van der Waals surface area contributed by atoms with Crippen molar-refractivity contribution in [2.75, 3.05) is 13.3 Å². The van der Waals surface area contributed by atoms with E-state index in [1.165, 1.54) is 194 Å². The van der Waals surface area contributed by atoms with E-state index in [4.69, 9.17) is 0 Å². The molecule has 15 aromatic carbocycles. The van der Waals surface area contributed by atoms with E-state index in [-0.39, 0.29) is 0 Å². The molecule has 0 aliphatic heterocycles. The van der Waals surface area contributed by atoms with Gasteiger partial charge in [-0.2, -0.15) is 0 Å². The molecule has 0 saturated heterocycles. The van der Waals surface area contributed by atoms with Crippen molar-refractivity contribution in [1.29, 1.82) is 0 Å². The van der Waals surface area contributed by atoms with Crippen molar-refractivity contribution < 1.29 is 0 Å². The lowest BCUT2D eigenvalue weighted by molar-refractivity contribution is 1.28. The first-order valence-corrected chi connectivity index (χ1v) is 59.3. The first-order valence-electron chi connectivity index (χ1n) is 46.5. The zero-order valence-corrected chi connectivity index (χ0v) is 96.5. The molecule has 688 valence electrons. The molecule has 14 unspecified atom stereocenters. The molecule has 0 amide bonds. The molecule has 0 spiro atoms. The van der Waals surface area contributed by atoms with Crippen LogP contribution in [0, 0.1) is 6.92 Å². The Morgan fingerprint density at radius 1 is 0.153 bits per heavy atom. The van der Waals surface area contributed by atoms with Gasteiger partial charge in [0, 0.05) is 0 Å². The molecular weight excluding hydrogens is 1840 g/mol. The van der Waals surface area contributed by atoms with Crippen LogP contribution in [0.4, 0.5) is 0 Å². The second-order valence-corrected chi connectivity index (χ2v) is 36.4. The van der Waals surface area contributed by atoms with Crippen molar-refractivity contribution in [1.82, 2.24) is 0 Å². The van der Waals surface area contributed by atoms with Crippen LogP contribution in [0.1, 0.15) is 155 Å². The minimum atomic E-state index is 0.847. The Balaban J connectivity index is 0.000000281. The summed E-state index contributed by atoms with van der Waals surface area (Å²) in [5.74, 6) is 0. The van der Waals surface area contributed by atoms with Crippen molar-refractivity contribution in [3.63, 3.8) is 0 Å². The van der Waals surface area contributed by atoms with Crippen molar-refractivity contribution >= 4 is 139 Å². The molecule has 0 aliphatic carbocycles. The first kappa shape index (κ1) is 116. The summed E-state index contributed by atoms with van der Waals surface area (Å²) in [5, 5.41) is 2.91. The van der Waals surface area contributed by atoms with Gasteiger partial charge in [-0.05, 0) is 325 Å². The van der Waals surface area contributed by atoms with E-state index in [2.05, 4.69) is 465 Å². The first-order chi connectivity index (χ1) is 64.1. The molecular formula is C117H150P14. The Kier molecular flexibility index (Phi) is 59.0. The summed E-state index contributed by atoms with van der Waals surface area (Å²) in [6.07, 6.45) is 11.9. The van der Waals surface area contributed by atoms with Crippen LogP contribution in [0.5, 0.6) is 0 Å². The molecule has 0 aromatic heterocycles. The van der Waals surface area contributed by atoms with Crippen molar-refractivity contribution in [3.8, 4) is 111 Å². The van der Waals surface area contributed by atoms with Gasteiger partial charge in [-0.3, -0.25) is 0 Å². The van der Waals surface area contributed by atoms with Gasteiger partial charge in [0.25, 0.3) is 0 Å². The summed E-state index contributed by atoms with van der Waals surface area (Å²) in [4.78, 5) is 0. The van der Waals surface area contributed by atoms with Gasteiger partial charge in [0.2, 0.25) is 0 Å². The van der Waals surface area contributed by atoms with E-state index >= 15 is 0 Å². The highest BCUT2D eigenvalue weighted by Crippen LogP contribution is 2.37. The highest BCUT2D eigenvalue weighted by Gasteiger charge is 2.13. The SMILES string of the molecule is CC.CC.CC.CC.CC.CC.CPc1cc(PC)cc(-c2ccc(-c3ccc(CP)cc3)cc2)c1.Cc1cc(-c2ccc(CP)cc2)cc(-c2ccc(CP)cc2)c1.PCc1ccc(-c2cc(CP)cc(-c3ccc(CP)cc3)c2)cc1.PCc1ccc(-c2ccc(-c3ccc(CP)c(CP)c3)cc2)cc1.PCc1ccc(-c2ccc(CP)c(-c3ccc(CP)cc3)c2)cc1. The van der Waals surface area contributed by atoms with Crippen LogP contribution in [0.2, 0.25) is 0 Å². The van der Waals surface area contributed by atoms with Crippen LogP contribution >= 0.6 is 128 Å². The summed E-state index contributed by atoms with van der Waals surface area (Å²) in [7, 11) is 35.2. The highest BCUT2D eigenvalue weighted by atomic mass is 31.1. The summed E-state index contributed by atoms with van der Waals surface area (Å²) < 4.78 is 0. The molecule has 15 rings (SSSR count). The quantitative estimate of drug-likeness (QED) is 0.0529. The molecule has 0 saturated carbocycles. The number of hydrogen-bond donors (Lipinski definition) is 0. The maximum atomic E-state index is 2.85. The number of benzene rings is 15. The molecule has 0 fully saturated rings. The fraction of sp³-hybridized carbons (Fsp3) is 0.231. The van der Waals surface area contributed by atoms with Gasteiger partial charge in [0.05, 0.1) is 0 Å². The van der Waals surface area contributed by atoms with Crippen LogP contribution < -0.4 is 10.6 Å². The average molecular weight is 1990 g/mol. The third kappa shape index (κ3) is 37.0. The largest absolute Gasteiger partial charge is 0.133 e. The molecule has 0 heterocycles. The average Bonchev–Trinajstić information content (AvgIpc) is 0.840. The lowest BCUT2D eigenvalue weighted by Crippen LogP contribution is -2.04. The van der Waals surface area contributed by atoms with Gasteiger partial charge in [-0.25, -0.2) is 0 Å². The van der Waals surface area contributed by atoms with Crippen molar-refractivity contribution in [2.24, 2.45) is 0 Å². The summed E-state index contributed by atoms with van der Waals surface area (Å²) >= 11 is 0. The van der Waals surface area contributed by atoms with Gasteiger partial charge in [-0.15, -0.1) is 111 Å². The van der Waals surface area contributed by atoms with Gasteiger partial charge in [0.1, 0.15) is 0 Å².